The van der Waals surface area contributed by atoms with Crippen molar-refractivity contribution in [2.75, 3.05) is 0 Å². The van der Waals surface area contributed by atoms with Crippen LogP contribution in [0.3, 0.4) is 0 Å². The maximum Gasteiger partial charge on any atom is 0.127 e. The van der Waals surface area contributed by atoms with Crippen LogP contribution in [0.1, 0.15) is 62.2 Å². The summed E-state index contributed by atoms with van der Waals surface area (Å²) in [5.74, 6) is 1.91. The molecule has 0 N–H and O–H groups in total. The Morgan fingerprint density at radius 2 is 2.05 bits per heavy atom. The van der Waals surface area contributed by atoms with Crippen LogP contribution in [-0.2, 0) is 6.54 Å². The van der Waals surface area contributed by atoms with Crippen molar-refractivity contribution in [3.8, 4) is 0 Å². The third-order valence-corrected chi connectivity index (χ3v) is 4.97. The Morgan fingerprint density at radius 1 is 1.29 bits per heavy atom. The first-order valence-electron chi connectivity index (χ1n) is 8.26. The number of hydrogen-bond donors (Lipinski definition) is 0. The molecule has 1 atom stereocenters. The largest absolute Gasteiger partial charge is 0.327 e. The van der Waals surface area contributed by atoms with Crippen molar-refractivity contribution in [1.82, 2.24) is 9.55 Å². The van der Waals surface area contributed by atoms with E-state index in [-0.39, 0.29) is 5.38 Å². The molecule has 0 aliphatic heterocycles. The number of hydrogen-bond acceptors (Lipinski definition) is 1. The standard InChI is InChI=1S/C18H25ClN2/c1-13-8-9-16-17(12-13)21(18(20-16)14(2)19)11-10-15-6-4-3-5-7-15/h8-9,12,14-15H,3-7,10-11H2,1-2H3. The highest BCUT2D eigenvalue weighted by Gasteiger charge is 2.18. The number of imidazole rings is 1. The Hall–Kier alpha value is -1.02. The molecule has 3 heteroatoms. The van der Waals surface area contributed by atoms with Crippen LogP contribution in [0.15, 0.2) is 18.2 Å². The van der Waals surface area contributed by atoms with Crippen molar-refractivity contribution in [3.63, 3.8) is 0 Å². The highest BCUT2D eigenvalue weighted by Crippen LogP contribution is 2.30. The van der Waals surface area contributed by atoms with E-state index in [9.17, 15) is 0 Å². The minimum atomic E-state index is -0.0379. The molecule has 0 saturated heterocycles. The molecule has 1 aliphatic rings. The third-order valence-electron chi connectivity index (χ3n) is 4.77. The quantitative estimate of drug-likeness (QED) is 0.671. The van der Waals surface area contributed by atoms with Crippen LogP contribution < -0.4 is 0 Å². The second kappa shape index (κ2) is 6.39. The zero-order valence-electron chi connectivity index (χ0n) is 13.1. The number of rotatable bonds is 4. The lowest BCUT2D eigenvalue weighted by Gasteiger charge is -2.22. The van der Waals surface area contributed by atoms with Gasteiger partial charge in [0.05, 0.1) is 16.4 Å². The first-order chi connectivity index (χ1) is 10.1. The van der Waals surface area contributed by atoms with Crippen LogP contribution in [0, 0.1) is 12.8 Å². The van der Waals surface area contributed by atoms with E-state index in [2.05, 4.69) is 29.7 Å². The summed E-state index contributed by atoms with van der Waals surface area (Å²) in [4.78, 5) is 4.75. The van der Waals surface area contributed by atoms with Crippen molar-refractivity contribution in [2.24, 2.45) is 5.92 Å². The smallest absolute Gasteiger partial charge is 0.127 e. The first-order valence-corrected chi connectivity index (χ1v) is 8.69. The normalized spacial score (nSPS) is 18.2. The lowest BCUT2D eigenvalue weighted by molar-refractivity contribution is 0.324. The molecule has 1 heterocycles. The zero-order chi connectivity index (χ0) is 14.8. The molecule has 3 rings (SSSR count). The summed E-state index contributed by atoms with van der Waals surface area (Å²) in [7, 11) is 0. The molecule has 1 saturated carbocycles. The summed E-state index contributed by atoms with van der Waals surface area (Å²) in [5.41, 5.74) is 3.61. The minimum Gasteiger partial charge on any atom is -0.327 e. The van der Waals surface area contributed by atoms with Crippen molar-refractivity contribution >= 4 is 22.6 Å². The van der Waals surface area contributed by atoms with Gasteiger partial charge < -0.3 is 4.57 Å². The van der Waals surface area contributed by atoms with E-state index in [1.54, 1.807) is 0 Å². The number of halogens is 1. The molecule has 114 valence electrons. The van der Waals surface area contributed by atoms with Crippen molar-refractivity contribution in [1.29, 1.82) is 0 Å². The van der Waals surface area contributed by atoms with Gasteiger partial charge in [0.25, 0.3) is 0 Å². The Morgan fingerprint density at radius 3 is 2.76 bits per heavy atom. The predicted octanol–water partition coefficient (Wildman–Crippen LogP) is 5.61. The van der Waals surface area contributed by atoms with Gasteiger partial charge in [-0.1, -0.05) is 38.2 Å². The molecule has 1 aromatic heterocycles. The number of alkyl halides is 1. The summed E-state index contributed by atoms with van der Waals surface area (Å²) >= 11 is 6.36. The average Bonchev–Trinajstić information content (AvgIpc) is 2.84. The van der Waals surface area contributed by atoms with Gasteiger partial charge in [0.15, 0.2) is 0 Å². The summed E-state index contributed by atoms with van der Waals surface area (Å²) < 4.78 is 2.36. The van der Waals surface area contributed by atoms with E-state index in [4.69, 9.17) is 16.6 Å². The number of aryl methyl sites for hydroxylation is 2. The highest BCUT2D eigenvalue weighted by atomic mass is 35.5. The molecule has 21 heavy (non-hydrogen) atoms. The predicted molar refractivity (Wildman–Crippen MR) is 89.9 cm³/mol. The van der Waals surface area contributed by atoms with Crippen molar-refractivity contribution in [3.05, 3.63) is 29.6 Å². The molecule has 1 aromatic carbocycles. The zero-order valence-corrected chi connectivity index (χ0v) is 13.9. The highest BCUT2D eigenvalue weighted by molar-refractivity contribution is 6.20. The summed E-state index contributed by atoms with van der Waals surface area (Å²) in [6.45, 7) is 5.21. The van der Waals surface area contributed by atoms with E-state index in [0.717, 1.165) is 23.8 Å². The Bertz CT molecular complexity index is 609. The van der Waals surface area contributed by atoms with Gasteiger partial charge >= 0.3 is 0 Å². The van der Waals surface area contributed by atoms with Gasteiger partial charge in [-0.25, -0.2) is 4.98 Å². The molecule has 0 spiro atoms. The molecule has 2 nitrogen and oxygen atoms in total. The van der Waals surface area contributed by atoms with Crippen LogP contribution in [0.2, 0.25) is 0 Å². The van der Waals surface area contributed by atoms with Gasteiger partial charge in [0, 0.05) is 6.54 Å². The maximum atomic E-state index is 6.36. The summed E-state index contributed by atoms with van der Waals surface area (Å²) in [5, 5.41) is -0.0379. The maximum absolute atomic E-state index is 6.36. The lowest BCUT2D eigenvalue weighted by atomic mass is 9.87. The molecule has 1 aliphatic carbocycles. The van der Waals surface area contributed by atoms with Gasteiger partial charge in [0.2, 0.25) is 0 Å². The van der Waals surface area contributed by atoms with E-state index in [0.29, 0.717) is 0 Å². The fraction of sp³-hybridized carbons (Fsp3) is 0.611. The Kier molecular flexibility index (Phi) is 4.54. The molecule has 0 radical (unpaired) electrons. The van der Waals surface area contributed by atoms with Crippen LogP contribution >= 0.6 is 11.6 Å². The number of aromatic nitrogens is 2. The van der Waals surface area contributed by atoms with Crippen molar-refractivity contribution < 1.29 is 0 Å². The Labute approximate surface area is 132 Å². The Balaban J connectivity index is 1.87. The second-order valence-electron chi connectivity index (χ2n) is 6.52. The van der Waals surface area contributed by atoms with Gasteiger partial charge in [-0.05, 0) is 43.9 Å². The van der Waals surface area contributed by atoms with Crippen LogP contribution in [0.5, 0.6) is 0 Å². The van der Waals surface area contributed by atoms with Gasteiger partial charge in [0.1, 0.15) is 5.82 Å². The molecule has 1 fully saturated rings. The average molecular weight is 305 g/mol. The van der Waals surface area contributed by atoms with E-state index >= 15 is 0 Å². The number of fused-ring (bicyclic) bond motifs is 1. The molecule has 2 aromatic rings. The monoisotopic (exact) mass is 304 g/mol. The fourth-order valence-electron chi connectivity index (χ4n) is 3.58. The molecular formula is C18H25ClN2. The van der Waals surface area contributed by atoms with Crippen LogP contribution in [-0.4, -0.2) is 9.55 Å². The first kappa shape index (κ1) is 14.9. The lowest BCUT2D eigenvalue weighted by Crippen LogP contribution is -2.12. The van der Waals surface area contributed by atoms with Gasteiger partial charge in [-0.2, -0.15) is 0 Å². The SMILES string of the molecule is Cc1ccc2nc(C(C)Cl)n(CCC3CCCCC3)c2c1. The van der Waals surface area contributed by atoms with Crippen molar-refractivity contribution in [2.45, 2.75) is 64.3 Å². The van der Waals surface area contributed by atoms with Gasteiger partial charge in [-0.3, -0.25) is 0 Å². The summed E-state index contributed by atoms with van der Waals surface area (Å²) in [6, 6.07) is 6.49. The van der Waals surface area contributed by atoms with E-state index in [1.165, 1.54) is 49.6 Å². The molecule has 1 unspecified atom stereocenters. The third kappa shape index (κ3) is 3.26. The number of nitrogens with zero attached hydrogens (tertiary/aromatic N) is 2. The van der Waals surface area contributed by atoms with Gasteiger partial charge in [-0.15, -0.1) is 11.6 Å². The topological polar surface area (TPSA) is 17.8 Å². The van der Waals surface area contributed by atoms with E-state index < -0.39 is 0 Å². The second-order valence-corrected chi connectivity index (χ2v) is 7.18. The van der Waals surface area contributed by atoms with E-state index in [1.807, 2.05) is 6.92 Å². The molecular weight excluding hydrogens is 280 g/mol. The fourth-order valence-corrected chi connectivity index (χ4v) is 3.74. The molecule has 0 bridgehead atoms. The van der Waals surface area contributed by atoms with Crippen LogP contribution in [0.4, 0.5) is 0 Å². The molecule has 0 amide bonds. The minimum absolute atomic E-state index is 0.0379. The number of benzene rings is 1. The summed E-state index contributed by atoms with van der Waals surface area (Å²) in [6.07, 6.45) is 8.30. The van der Waals surface area contributed by atoms with Crippen LogP contribution in [0.25, 0.3) is 11.0 Å².